The first-order valence-electron chi connectivity index (χ1n) is 9.42. The molecule has 0 radical (unpaired) electrons. The third kappa shape index (κ3) is 4.92. The van der Waals surface area contributed by atoms with Crippen LogP contribution in [0.5, 0.6) is 5.75 Å². The van der Waals surface area contributed by atoms with E-state index in [1.165, 1.54) is 16.9 Å². The van der Waals surface area contributed by atoms with Gasteiger partial charge >= 0.3 is 0 Å². The monoisotopic (exact) mass is 410 g/mol. The van der Waals surface area contributed by atoms with E-state index in [4.69, 9.17) is 4.74 Å². The van der Waals surface area contributed by atoms with Crippen LogP contribution in [0.2, 0.25) is 0 Å². The summed E-state index contributed by atoms with van der Waals surface area (Å²) in [6.45, 7) is 11.8. The van der Waals surface area contributed by atoms with Crippen LogP contribution in [-0.4, -0.2) is 23.2 Å². The zero-order valence-corrected chi connectivity index (χ0v) is 18.5. The second kappa shape index (κ2) is 8.61. The van der Waals surface area contributed by atoms with Crippen molar-refractivity contribution in [2.24, 2.45) is 5.10 Å². The Kier molecular flexibility index (Phi) is 6.17. The molecule has 6 nitrogen and oxygen atoms in total. The van der Waals surface area contributed by atoms with E-state index in [0.29, 0.717) is 5.75 Å². The molecule has 29 heavy (non-hydrogen) atoms. The molecule has 0 aliphatic rings. The number of hydrogen-bond donors (Lipinski definition) is 2. The summed E-state index contributed by atoms with van der Waals surface area (Å²) < 4.78 is 6.68. The lowest BCUT2D eigenvalue weighted by atomic mass is 10.1. The Morgan fingerprint density at radius 2 is 1.86 bits per heavy atom. The summed E-state index contributed by atoms with van der Waals surface area (Å²) in [6, 6.07) is 7.79. The highest BCUT2D eigenvalue weighted by Gasteiger charge is 2.15. The molecule has 0 unspecified atom stereocenters. The molecule has 0 saturated heterocycles. The average molecular weight is 411 g/mol. The highest BCUT2D eigenvalue weighted by atomic mass is 32.1. The average Bonchev–Trinajstić information content (AvgIpc) is 3.07. The standard InChI is InChI=1S/C22H26N4O2S/c1-12(2)25-26-22-23-18-10-15(5)20(16(6)21(18)29-22)24-19(27)11-28-17-8-7-13(3)14(4)9-17/h7-10H,11H2,1-6H3,(H,23,26)(H,24,27). The Bertz CT molecular complexity index is 1100. The lowest BCUT2D eigenvalue weighted by Gasteiger charge is -2.13. The van der Waals surface area contributed by atoms with Crippen molar-refractivity contribution >= 4 is 44.0 Å². The molecule has 0 spiro atoms. The van der Waals surface area contributed by atoms with Gasteiger partial charge in [-0.25, -0.2) is 4.98 Å². The number of aryl methyl sites for hydroxylation is 4. The smallest absolute Gasteiger partial charge is 0.262 e. The number of rotatable bonds is 6. The molecular weight excluding hydrogens is 384 g/mol. The molecule has 2 N–H and O–H groups in total. The van der Waals surface area contributed by atoms with Crippen molar-refractivity contribution in [2.45, 2.75) is 41.5 Å². The third-order valence-corrected chi connectivity index (χ3v) is 5.70. The number of benzene rings is 2. The number of nitrogens with one attached hydrogen (secondary N) is 2. The van der Waals surface area contributed by atoms with Crippen LogP contribution >= 0.6 is 11.3 Å². The van der Waals surface area contributed by atoms with Crippen LogP contribution in [0, 0.1) is 27.7 Å². The summed E-state index contributed by atoms with van der Waals surface area (Å²) in [5.74, 6) is 0.500. The van der Waals surface area contributed by atoms with Crippen LogP contribution in [0.1, 0.15) is 36.1 Å². The van der Waals surface area contributed by atoms with Crippen molar-refractivity contribution in [3.8, 4) is 5.75 Å². The molecule has 3 rings (SSSR count). The fourth-order valence-electron chi connectivity index (χ4n) is 2.91. The van der Waals surface area contributed by atoms with Gasteiger partial charge in [0, 0.05) is 11.4 Å². The molecule has 0 saturated carbocycles. The normalized spacial score (nSPS) is 10.7. The van der Waals surface area contributed by atoms with E-state index >= 15 is 0 Å². The van der Waals surface area contributed by atoms with Crippen molar-refractivity contribution in [2.75, 3.05) is 17.3 Å². The van der Waals surface area contributed by atoms with Gasteiger partial charge in [-0.15, -0.1) is 0 Å². The minimum Gasteiger partial charge on any atom is -0.484 e. The van der Waals surface area contributed by atoms with E-state index < -0.39 is 0 Å². The predicted octanol–water partition coefficient (Wildman–Crippen LogP) is 5.36. The van der Waals surface area contributed by atoms with Crippen molar-refractivity contribution in [3.63, 3.8) is 0 Å². The van der Waals surface area contributed by atoms with Crippen LogP contribution in [0.25, 0.3) is 10.2 Å². The summed E-state index contributed by atoms with van der Waals surface area (Å²) in [5, 5.41) is 7.93. The SMILES string of the molecule is CC(C)=NNc1nc2cc(C)c(NC(=O)COc3ccc(C)c(C)c3)c(C)c2s1. The molecule has 1 heterocycles. The molecule has 0 bridgehead atoms. The molecular formula is C22H26N4O2S. The topological polar surface area (TPSA) is 75.6 Å². The van der Waals surface area contributed by atoms with Crippen molar-refractivity contribution < 1.29 is 9.53 Å². The van der Waals surface area contributed by atoms with Crippen molar-refractivity contribution in [3.05, 3.63) is 46.5 Å². The van der Waals surface area contributed by atoms with Gasteiger partial charge in [-0.2, -0.15) is 5.10 Å². The number of nitrogens with zero attached hydrogens (tertiary/aromatic N) is 2. The van der Waals surface area contributed by atoms with Gasteiger partial charge in [0.2, 0.25) is 5.13 Å². The second-order valence-electron chi connectivity index (χ2n) is 7.31. The fourth-order valence-corrected chi connectivity index (χ4v) is 3.81. The lowest BCUT2D eigenvalue weighted by molar-refractivity contribution is -0.118. The van der Waals surface area contributed by atoms with Crippen LogP contribution in [0.15, 0.2) is 29.4 Å². The third-order valence-electron chi connectivity index (χ3n) is 4.60. The first-order chi connectivity index (χ1) is 13.7. The number of hydrazone groups is 1. The second-order valence-corrected chi connectivity index (χ2v) is 8.31. The highest BCUT2D eigenvalue weighted by molar-refractivity contribution is 7.22. The zero-order chi connectivity index (χ0) is 21.1. The number of ether oxygens (including phenoxy) is 1. The van der Waals surface area contributed by atoms with E-state index in [-0.39, 0.29) is 12.5 Å². The van der Waals surface area contributed by atoms with Crippen molar-refractivity contribution in [1.82, 2.24) is 4.98 Å². The number of fused-ring (bicyclic) bond motifs is 1. The highest BCUT2D eigenvalue weighted by Crippen LogP contribution is 2.35. The summed E-state index contributed by atoms with van der Waals surface area (Å²) in [7, 11) is 0. The van der Waals surface area contributed by atoms with Gasteiger partial charge < -0.3 is 10.1 Å². The molecule has 0 fully saturated rings. The fraction of sp³-hybridized carbons (Fsp3) is 0.318. The van der Waals surface area contributed by atoms with E-state index in [9.17, 15) is 4.79 Å². The molecule has 0 aliphatic heterocycles. The Hall–Kier alpha value is -2.93. The zero-order valence-electron chi connectivity index (χ0n) is 17.6. The maximum absolute atomic E-state index is 12.5. The Morgan fingerprint density at radius 1 is 1.10 bits per heavy atom. The number of carbonyl (C=O) groups excluding carboxylic acids is 1. The number of amides is 1. The number of aromatic nitrogens is 1. The van der Waals surface area contributed by atoms with E-state index in [1.807, 2.05) is 65.8 Å². The predicted molar refractivity (Wildman–Crippen MR) is 122 cm³/mol. The molecule has 152 valence electrons. The number of carbonyl (C=O) groups is 1. The molecule has 1 amide bonds. The van der Waals surface area contributed by atoms with Crippen LogP contribution in [0.4, 0.5) is 10.8 Å². The molecule has 2 aromatic carbocycles. The van der Waals surface area contributed by atoms with E-state index in [1.54, 1.807) is 0 Å². The maximum atomic E-state index is 12.5. The minimum absolute atomic E-state index is 0.0423. The molecule has 0 aliphatic carbocycles. The summed E-state index contributed by atoms with van der Waals surface area (Å²) in [6.07, 6.45) is 0. The summed E-state index contributed by atoms with van der Waals surface area (Å²) in [5.41, 5.74) is 9.87. The van der Waals surface area contributed by atoms with E-state index in [2.05, 4.69) is 20.8 Å². The van der Waals surface area contributed by atoms with Gasteiger partial charge in [0.1, 0.15) is 5.75 Å². The maximum Gasteiger partial charge on any atom is 0.262 e. The lowest BCUT2D eigenvalue weighted by Crippen LogP contribution is -2.21. The van der Waals surface area contributed by atoms with Gasteiger partial charge in [0.15, 0.2) is 6.61 Å². The quantitative estimate of drug-likeness (QED) is 0.424. The van der Waals surface area contributed by atoms with Crippen LogP contribution in [0.3, 0.4) is 0 Å². The Morgan fingerprint density at radius 3 is 2.55 bits per heavy atom. The summed E-state index contributed by atoms with van der Waals surface area (Å²) >= 11 is 1.52. The first-order valence-corrected chi connectivity index (χ1v) is 10.2. The number of hydrogen-bond acceptors (Lipinski definition) is 6. The van der Waals surface area contributed by atoms with Crippen LogP contribution in [-0.2, 0) is 4.79 Å². The summed E-state index contributed by atoms with van der Waals surface area (Å²) in [4.78, 5) is 17.1. The van der Waals surface area contributed by atoms with Crippen LogP contribution < -0.4 is 15.5 Å². The van der Waals surface area contributed by atoms with Gasteiger partial charge in [0.05, 0.1) is 10.2 Å². The Labute approximate surface area is 175 Å². The minimum atomic E-state index is -0.192. The molecule has 0 atom stereocenters. The first kappa shape index (κ1) is 20.8. The van der Waals surface area contributed by atoms with Gasteiger partial charge in [-0.05, 0) is 82.0 Å². The Balaban J connectivity index is 1.75. The number of anilines is 2. The largest absolute Gasteiger partial charge is 0.484 e. The van der Waals surface area contributed by atoms with E-state index in [0.717, 1.165) is 43.4 Å². The number of thiazole rings is 1. The van der Waals surface area contributed by atoms with Gasteiger partial charge in [-0.1, -0.05) is 17.4 Å². The molecule has 7 heteroatoms. The van der Waals surface area contributed by atoms with Crippen molar-refractivity contribution in [1.29, 1.82) is 0 Å². The van der Waals surface area contributed by atoms with Gasteiger partial charge in [-0.3, -0.25) is 10.2 Å². The van der Waals surface area contributed by atoms with Gasteiger partial charge in [0.25, 0.3) is 5.91 Å². The molecule has 3 aromatic rings. The molecule has 1 aromatic heterocycles.